The maximum absolute atomic E-state index is 12.3. The van der Waals surface area contributed by atoms with Crippen molar-refractivity contribution in [2.45, 2.75) is 13.3 Å². The SMILES string of the molecule is Cc1ccc2oc(N3CCN(CCC(=O)N4CCNCC4)CC3)nc2c1. The van der Waals surface area contributed by atoms with E-state index in [1.165, 1.54) is 5.56 Å². The molecule has 2 aliphatic rings. The zero-order valence-electron chi connectivity index (χ0n) is 15.4. The van der Waals surface area contributed by atoms with Gasteiger partial charge >= 0.3 is 0 Å². The highest BCUT2D eigenvalue weighted by Gasteiger charge is 2.22. The Kier molecular flexibility index (Phi) is 5.08. The number of carbonyl (C=O) groups excluding carboxylic acids is 1. The Morgan fingerprint density at radius 3 is 2.69 bits per heavy atom. The van der Waals surface area contributed by atoms with Crippen molar-refractivity contribution in [2.75, 3.05) is 63.8 Å². The van der Waals surface area contributed by atoms with Gasteiger partial charge in [0.2, 0.25) is 5.91 Å². The van der Waals surface area contributed by atoms with Crippen LogP contribution in [0.1, 0.15) is 12.0 Å². The Morgan fingerprint density at radius 2 is 1.92 bits per heavy atom. The van der Waals surface area contributed by atoms with Crippen LogP contribution in [-0.4, -0.2) is 79.6 Å². The van der Waals surface area contributed by atoms with Gasteiger partial charge in [0.15, 0.2) is 5.58 Å². The van der Waals surface area contributed by atoms with Gasteiger partial charge in [-0.05, 0) is 24.6 Å². The molecule has 140 valence electrons. The van der Waals surface area contributed by atoms with Gasteiger partial charge < -0.3 is 19.5 Å². The molecule has 0 radical (unpaired) electrons. The molecule has 4 rings (SSSR count). The van der Waals surface area contributed by atoms with E-state index >= 15 is 0 Å². The lowest BCUT2D eigenvalue weighted by Crippen LogP contribution is -2.49. The third kappa shape index (κ3) is 3.83. The summed E-state index contributed by atoms with van der Waals surface area (Å²) in [6.45, 7) is 10.0. The van der Waals surface area contributed by atoms with E-state index in [4.69, 9.17) is 4.42 Å². The highest BCUT2D eigenvalue weighted by molar-refractivity contribution is 5.76. The quantitative estimate of drug-likeness (QED) is 0.883. The van der Waals surface area contributed by atoms with Crippen molar-refractivity contribution in [3.05, 3.63) is 23.8 Å². The van der Waals surface area contributed by atoms with Crippen LogP contribution in [0.4, 0.5) is 6.01 Å². The molecule has 3 heterocycles. The molecule has 2 aromatic rings. The third-order valence-corrected chi connectivity index (χ3v) is 5.29. The Bertz CT molecular complexity index is 760. The van der Waals surface area contributed by atoms with Crippen LogP contribution in [0.5, 0.6) is 0 Å². The molecule has 0 bridgehead atoms. The Balaban J connectivity index is 1.27. The predicted molar refractivity (Wildman–Crippen MR) is 101 cm³/mol. The zero-order valence-corrected chi connectivity index (χ0v) is 15.4. The molecule has 2 aliphatic heterocycles. The fourth-order valence-corrected chi connectivity index (χ4v) is 3.65. The number of amides is 1. The Labute approximate surface area is 153 Å². The van der Waals surface area contributed by atoms with Gasteiger partial charge in [-0.2, -0.15) is 4.98 Å². The van der Waals surface area contributed by atoms with Gasteiger partial charge in [-0.3, -0.25) is 9.69 Å². The summed E-state index contributed by atoms with van der Waals surface area (Å²) in [7, 11) is 0. The maximum atomic E-state index is 12.3. The monoisotopic (exact) mass is 357 g/mol. The van der Waals surface area contributed by atoms with E-state index in [2.05, 4.69) is 33.1 Å². The standard InChI is InChI=1S/C19H27N5O2/c1-15-2-3-17-16(14-15)21-19(26-17)24-12-10-22(11-13-24)7-4-18(25)23-8-5-20-6-9-23/h2-3,14,20H,4-13H2,1H3. The van der Waals surface area contributed by atoms with Gasteiger partial charge in [-0.15, -0.1) is 0 Å². The van der Waals surface area contributed by atoms with Crippen molar-refractivity contribution in [2.24, 2.45) is 0 Å². The zero-order chi connectivity index (χ0) is 17.9. The van der Waals surface area contributed by atoms with Crippen molar-refractivity contribution in [1.29, 1.82) is 0 Å². The van der Waals surface area contributed by atoms with E-state index < -0.39 is 0 Å². The van der Waals surface area contributed by atoms with E-state index in [1.807, 2.05) is 17.0 Å². The molecule has 1 amide bonds. The lowest BCUT2D eigenvalue weighted by Gasteiger charge is -2.34. The number of rotatable bonds is 4. The summed E-state index contributed by atoms with van der Waals surface area (Å²) in [5, 5.41) is 3.28. The second-order valence-corrected chi connectivity index (χ2v) is 7.18. The van der Waals surface area contributed by atoms with Crippen molar-refractivity contribution in [3.8, 4) is 0 Å². The number of piperazine rings is 2. The summed E-state index contributed by atoms with van der Waals surface area (Å²) in [5.74, 6) is 0.281. The topological polar surface area (TPSA) is 64.9 Å². The molecule has 0 unspecified atom stereocenters. The maximum Gasteiger partial charge on any atom is 0.298 e. The number of fused-ring (bicyclic) bond motifs is 1. The predicted octanol–water partition coefficient (Wildman–Crippen LogP) is 1.08. The van der Waals surface area contributed by atoms with Gasteiger partial charge in [0.05, 0.1) is 0 Å². The number of aromatic nitrogens is 1. The molecular formula is C19H27N5O2. The molecule has 1 aromatic carbocycles. The summed E-state index contributed by atoms with van der Waals surface area (Å²) in [5.41, 5.74) is 2.95. The van der Waals surface area contributed by atoms with Crippen LogP contribution < -0.4 is 10.2 Å². The van der Waals surface area contributed by atoms with Crippen molar-refractivity contribution in [1.82, 2.24) is 20.1 Å². The van der Waals surface area contributed by atoms with Crippen LogP contribution in [0.3, 0.4) is 0 Å². The first kappa shape index (κ1) is 17.3. The lowest BCUT2D eigenvalue weighted by molar-refractivity contribution is -0.132. The molecule has 1 aromatic heterocycles. The van der Waals surface area contributed by atoms with Gasteiger partial charge in [0, 0.05) is 65.3 Å². The van der Waals surface area contributed by atoms with Crippen LogP contribution in [-0.2, 0) is 4.79 Å². The number of nitrogens with zero attached hydrogens (tertiary/aromatic N) is 4. The highest BCUT2D eigenvalue weighted by atomic mass is 16.4. The number of anilines is 1. The number of benzene rings is 1. The molecule has 26 heavy (non-hydrogen) atoms. The minimum absolute atomic E-state index is 0.281. The molecule has 2 fully saturated rings. The third-order valence-electron chi connectivity index (χ3n) is 5.29. The van der Waals surface area contributed by atoms with E-state index in [0.29, 0.717) is 12.4 Å². The van der Waals surface area contributed by atoms with Crippen LogP contribution >= 0.6 is 0 Å². The van der Waals surface area contributed by atoms with Crippen molar-refractivity contribution < 1.29 is 9.21 Å². The largest absolute Gasteiger partial charge is 0.423 e. The number of hydrogen-bond donors (Lipinski definition) is 1. The van der Waals surface area contributed by atoms with Gasteiger partial charge in [0.25, 0.3) is 6.01 Å². The fraction of sp³-hybridized carbons (Fsp3) is 0.579. The first-order valence-corrected chi connectivity index (χ1v) is 9.52. The molecule has 7 heteroatoms. The smallest absolute Gasteiger partial charge is 0.298 e. The molecule has 7 nitrogen and oxygen atoms in total. The summed E-state index contributed by atoms with van der Waals surface area (Å²) in [6.07, 6.45) is 0.613. The highest BCUT2D eigenvalue weighted by Crippen LogP contribution is 2.23. The van der Waals surface area contributed by atoms with E-state index in [9.17, 15) is 4.79 Å². The van der Waals surface area contributed by atoms with Gasteiger partial charge in [-0.25, -0.2) is 0 Å². The Hall–Kier alpha value is -2.12. The molecule has 0 atom stereocenters. The summed E-state index contributed by atoms with van der Waals surface area (Å²) in [4.78, 5) is 23.5. The second-order valence-electron chi connectivity index (χ2n) is 7.18. The summed E-state index contributed by atoms with van der Waals surface area (Å²) in [6, 6.07) is 6.80. The molecule has 1 N–H and O–H groups in total. The van der Waals surface area contributed by atoms with Crippen LogP contribution in [0, 0.1) is 6.92 Å². The molecule has 0 spiro atoms. The minimum atomic E-state index is 0.281. The Morgan fingerprint density at radius 1 is 1.15 bits per heavy atom. The molecule has 0 aliphatic carbocycles. The molecule has 2 saturated heterocycles. The first-order valence-electron chi connectivity index (χ1n) is 9.52. The average Bonchev–Trinajstić information content (AvgIpc) is 3.10. The van der Waals surface area contributed by atoms with Gasteiger partial charge in [-0.1, -0.05) is 6.07 Å². The second kappa shape index (κ2) is 7.63. The number of hydrogen-bond acceptors (Lipinski definition) is 6. The number of nitrogens with one attached hydrogen (secondary N) is 1. The van der Waals surface area contributed by atoms with Crippen molar-refractivity contribution in [3.63, 3.8) is 0 Å². The fourth-order valence-electron chi connectivity index (χ4n) is 3.65. The summed E-state index contributed by atoms with van der Waals surface area (Å²) >= 11 is 0. The average molecular weight is 357 g/mol. The van der Waals surface area contributed by atoms with Crippen molar-refractivity contribution >= 4 is 23.0 Å². The number of aryl methyl sites for hydroxylation is 1. The number of carbonyl (C=O) groups is 1. The normalized spacial score (nSPS) is 19.3. The lowest BCUT2D eigenvalue weighted by atomic mass is 10.2. The van der Waals surface area contributed by atoms with E-state index in [1.54, 1.807) is 0 Å². The van der Waals surface area contributed by atoms with E-state index in [-0.39, 0.29) is 5.91 Å². The van der Waals surface area contributed by atoms with Gasteiger partial charge in [0.1, 0.15) is 5.52 Å². The van der Waals surface area contributed by atoms with Crippen LogP contribution in [0.25, 0.3) is 11.1 Å². The number of oxazole rings is 1. The van der Waals surface area contributed by atoms with Crippen LogP contribution in [0.2, 0.25) is 0 Å². The van der Waals surface area contributed by atoms with Crippen LogP contribution in [0.15, 0.2) is 22.6 Å². The first-order chi connectivity index (χ1) is 12.7. The summed E-state index contributed by atoms with van der Waals surface area (Å²) < 4.78 is 5.90. The molecule has 0 saturated carbocycles. The molecular weight excluding hydrogens is 330 g/mol. The minimum Gasteiger partial charge on any atom is -0.423 e. The van der Waals surface area contributed by atoms with E-state index in [0.717, 1.165) is 70.0 Å².